The number of benzene rings is 3. The largest absolute Gasteiger partial charge is 0.322 e. The molecule has 5 aromatic rings. The molecule has 0 spiro atoms. The molecule has 29 heavy (non-hydrogen) atoms. The van der Waals surface area contributed by atoms with Crippen molar-refractivity contribution < 1.29 is 4.79 Å². The molecule has 0 bridgehead atoms. The van der Waals surface area contributed by atoms with Gasteiger partial charge in [-0.1, -0.05) is 48.5 Å². The van der Waals surface area contributed by atoms with Crippen LogP contribution in [0.15, 0.2) is 78.9 Å². The molecule has 2 aromatic heterocycles. The summed E-state index contributed by atoms with van der Waals surface area (Å²) < 4.78 is 1.71. The zero-order valence-corrected chi connectivity index (χ0v) is 15.7. The number of carbonyl (C=O) groups excluding carboxylic acids is 1. The van der Waals surface area contributed by atoms with E-state index in [0.29, 0.717) is 16.9 Å². The van der Waals surface area contributed by atoms with Gasteiger partial charge in [-0.15, -0.1) is 10.2 Å². The van der Waals surface area contributed by atoms with E-state index in [1.807, 2.05) is 85.8 Å². The van der Waals surface area contributed by atoms with Crippen LogP contribution in [0.5, 0.6) is 0 Å². The fourth-order valence-corrected chi connectivity index (χ4v) is 3.43. The first-order chi connectivity index (χ1) is 14.2. The number of aromatic nitrogens is 4. The number of amides is 1. The minimum Gasteiger partial charge on any atom is -0.322 e. The van der Waals surface area contributed by atoms with Crippen molar-refractivity contribution in [2.75, 3.05) is 5.32 Å². The van der Waals surface area contributed by atoms with Crippen molar-refractivity contribution in [1.82, 2.24) is 19.8 Å². The van der Waals surface area contributed by atoms with Gasteiger partial charge in [-0.2, -0.15) is 9.61 Å². The van der Waals surface area contributed by atoms with Gasteiger partial charge in [-0.05, 0) is 48.0 Å². The van der Waals surface area contributed by atoms with Crippen LogP contribution in [0.3, 0.4) is 0 Å². The molecule has 0 aliphatic rings. The number of nitrogens with one attached hydrogen (secondary N) is 1. The van der Waals surface area contributed by atoms with Gasteiger partial charge in [-0.3, -0.25) is 4.79 Å². The van der Waals surface area contributed by atoms with Crippen LogP contribution in [-0.2, 0) is 0 Å². The molecule has 5 rings (SSSR count). The predicted molar refractivity (Wildman–Crippen MR) is 113 cm³/mol. The van der Waals surface area contributed by atoms with Crippen molar-refractivity contribution in [3.63, 3.8) is 0 Å². The van der Waals surface area contributed by atoms with E-state index in [1.54, 1.807) is 4.52 Å². The Bertz CT molecular complexity index is 1370. The highest BCUT2D eigenvalue weighted by Crippen LogP contribution is 2.23. The molecule has 0 atom stereocenters. The topological polar surface area (TPSA) is 72.2 Å². The summed E-state index contributed by atoms with van der Waals surface area (Å²) >= 11 is 0. The zero-order valence-electron chi connectivity index (χ0n) is 15.7. The minimum atomic E-state index is -0.142. The molecule has 6 heteroatoms. The molecular formula is C23H17N5O. The fourth-order valence-electron chi connectivity index (χ4n) is 3.43. The monoisotopic (exact) mass is 379 g/mol. The fraction of sp³-hybridized carbons (Fsp3) is 0.0435. The number of carbonyl (C=O) groups is 1. The third-order valence-corrected chi connectivity index (χ3v) is 4.87. The van der Waals surface area contributed by atoms with Gasteiger partial charge in [0.2, 0.25) is 0 Å². The Labute approximate surface area is 166 Å². The van der Waals surface area contributed by atoms with Crippen LogP contribution in [0, 0.1) is 6.92 Å². The van der Waals surface area contributed by atoms with Gasteiger partial charge in [0.15, 0.2) is 11.5 Å². The molecule has 0 radical (unpaired) electrons. The number of fused-ring (bicyclic) bond motifs is 2. The molecular weight excluding hydrogens is 362 g/mol. The van der Waals surface area contributed by atoms with Crippen LogP contribution in [-0.4, -0.2) is 25.7 Å². The van der Waals surface area contributed by atoms with Crippen molar-refractivity contribution in [2.24, 2.45) is 0 Å². The average Bonchev–Trinajstić information content (AvgIpc) is 3.13. The maximum Gasteiger partial charge on any atom is 0.256 e. The first-order valence-corrected chi connectivity index (χ1v) is 9.28. The lowest BCUT2D eigenvalue weighted by molar-refractivity contribution is 0.102. The summed E-state index contributed by atoms with van der Waals surface area (Å²) in [7, 11) is 0. The zero-order chi connectivity index (χ0) is 19.8. The van der Waals surface area contributed by atoms with Gasteiger partial charge in [0, 0.05) is 16.8 Å². The van der Waals surface area contributed by atoms with Gasteiger partial charge < -0.3 is 5.32 Å². The Hall–Kier alpha value is -4.06. The van der Waals surface area contributed by atoms with E-state index in [1.165, 1.54) is 0 Å². The number of rotatable bonds is 3. The van der Waals surface area contributed by atoms with Gasteiger partial charge >= 0.3 is 0 Å². The van der Waals surface area contributed by atoms with Crippen LogP contribution >= 0.6 is 0 Å². The molecule has 0 aliphatic heterocycles. The summed E-state index contributed by atoms with van der Waals surface area (Å²) in [5, 5.41) is 17.7. The molecule has 0 fully saturated rings. The van der Waals surface area contributed by atoms with Crippen molar-refractivity contribution in [3.05, 3.63) is 90.3 Å². The maximum absolute atomic E-state index is 12.9. The quantitative estimate of drug-likeness (QED) is 0.501. The highest BCUT2D eigenvalue weighted by Gasteiger charge is 2.11. The molecule has 0 unspecified atom stereocenters. The van der Waals surface area contributed by atoms with Crippen LogP contribution in [0.4, 0.5) is 5.69 Å². The number of hydrogen-bond acceptors (Lipinski definition) is 4. The Morgan fingerprint density at radius 2 is 1.72 bits per heavy atom. The van der Waals surface area contributed by atoms with E-state index in [2.05, 4.69) is 20.6 Å². The molecule has 3 aromatic carbocycles. The third kappa shape index (κ3) is 3.10. The Morgan fingerprint density at radius 3 is 2.66 bits per heavy atom. The second-order valence-corrected chi connectivity index (χ2v) is 6.80. The second-order valence-electron chi connectivity index (χ2n) is 6.80. The number of nitrogens with zero attached hydrogens (tertiary/aromatic N) is 4. The summed E-state index contributed by atoms with van der Waals surface area (Å²) in [6.45, 7) is 1.86. The molecule has 1 N–H and O–H groups in total. The lowest BCUT2D eigenvalue weighted by Crippen LogP contribution is -2.12. The Balaban J connectivity index is 1.47. The first-order valence-electron chi connectivity index (χ1n) is 9.28. The highest BCUT2D eigenvalue weighted by molar-refractivity contribution is 6.13. The van der Waals surface area contributed by atoms with Gasteiger partial charge in [0.1, 0.15) is 0 Å². The van der Waals surface area contributed by atoms with Crippen molar-refractivity contribution in [1.29, 1.82) is 0 Å². The molecule has 1 amide bonds. The lowest BCUT2D eigenvalue weighted by atomic mass is 10.0. The van der Waals surface area contributed by atoms with E-state index >= 15 is 0 Å². The average molecular weight is 379 g/mol. The number of aryl methyl sites for hydroxylation is 1. The summed E-state index contributed by atoms with van der Waals surface area (Å²) in [5.74, 6) is 0.583. The van der Waals surface area contributed by atoms with Crippen molar-refractivity contribution in [2.45, 2.75) is 6.92 Å². The van der Waals surface area contributed by atoms with E-state index < -0.39 is 0 Å². The van der Waals surface area contributed by atoms with E-state index in [-0.39, 0.29) is 5.91 Å². The minimum absolute atomic E-state index is 0.142. The highest BCUT2D eigenvalue weighted by atomic mass is 16.1. The smallest absolute Gasteiger partial charge is 0.256 e. The maximum atomic E-state index is 12.9. The molecule has 0 saturated carbocycles. The lowest BCUT2D eigenvalue weighted by Gasteiger charge is -2.09. The van der Waals surface area contributed by atoms with E-state index in [0.717, 1.165) is 27.9 Å². The number of hydrogen-bond donors (Lipinski definition) is 1. The van der Waals surface area contributed by atoms with E-state index in [4.69, 9.17) is 0 Å². The van der Waals surface area contributed by atoms with Gasteiger partial charge in [0.05, 0.1) is 5.69 Å². The normalized spacial score (nSPS) is 11.1. The molecule has 140 valence electrons. The molecule has 0 aliphatic carbocycles. The second kappa shape index (κ2) is 6.83. The van der Waals surface area contributed by atoms with Crippen LogP contribution in [0.25, 0.3) is 27.7 Å². The number of anilines is 1. The van der Waals surface area contributed by atoms with Gasteiger partial charge in [-0.25, -0.2) is 0 Å². The summed E-state index contributed by atoms with van der Waals surface area (Å²) in [6, 6.07) is 25.0. The van der Waals surface area contributed by atoms with Gasteiger partial charge in [0.25, 0.3) is 5.91 Å². The summed E-state index contributed by atoms with van der Waals surface area (Å²) in [5.41, 5.74) is 3.74. The standard InChI is InChI=1S/C23H17N5O/c1-15-25-26-22-13-12-21(27-28(15)22)17-8-4-9-18(14-17)24-23(29)20-11-5-7-16-6-2-3-10-19(16)20/h2-14H,1H3,(H,24,29). The van der Waals surface area contributed by atoms with Crippen molar-refractivity contribution in [3.8, 4) is 11.3 Å². The molecule has 2 heterocycles. The Morgan fingerprint density at radius 1 is 0.897 bits per heavy atom. The molecule has 6 nitrogen and oxygen atoms in total. The first kappa shape index (κ1) is 17.1. The molecule has 0 saturated heterocycles. The summed E-state index contributed by atoms with van der Waals surface area (Å²) in [6.07, 6.45) is 0. The SMILES string of the molecule is Cc1nnc2ccc(-c3cccc(NC(=O)c4cccc5ccccc45)c3)nn12. The van der Waals surface area contributed by atoms with E-state index in [9.17, 15) is 4.79 Å². The third-order valence-electron chi connectivity index (χ3n) is 4.87. The van der Waals surface area contributed by atoms with Crippen LogP contribution in [0.1, 0.15) is 16.2 Å². The predicted octanol–water partition coefficient (Wildman–Crippen LogP) is 4.51. The summed E-state index contributed by atoms with van der Waals surface area (Å²) in [4.78, 5) is 12.9. The Kier molecular flexibility index (Phi) is 4.02. The van der Waals surface area contributed by atoms with Crippen LogP contribution in [0.2, 0.25) is 0 Å². The van der Waals surface area contributed by atoms with Crippen LogP contribution < -0.4 is 5.32 Å². The van der Waals surface area contributed by atoms with Crippen molar-refractivity contribution >= 4 is 28.0 Å².